The van der Waals surface area contributed by atoms with Crippen LogP contribution in [0.5, 0.6) is 5.88 Å². The van der Waals surface area contributed by atoms with E-state index >= 15 is 0 Å². The monoisotopic (exact) mass is 372 g/mol. The van der Waals surface area contributed by atoms with Crippen LogP contribution in [-0.4, -0.2) is 40.3 Å². The molecule has 2 aliphatic heterocycles. The van der Waals surface area contributed by atoms with Gasteiger partial charge in [0.15, 0.2) is 0 Å². The van der Waals surface area contributed by atoms with Gasteiger partial charge in [-0.1, -0.05) is 0 Å². The maximum absolute atomic E-state index is 12.6. The highest BCUT2D eigenvalue weighted by Crippen LogP contribution is 2.38. The third-order valence-corrected chi connectivity index (χ3v) is 4.68. The van der Waals surface area contributed by atoms with E-state index in [1.165, 1.54) is 6.07 Å². The zero-order chi connectivity index (χ0) is 19.1. The summed E-state index contributed by atoms with van der Waals surface area (Å²) in [5.41, 5.74) is -1.40. The number of carbonyl (C=O) groups is 1. The number of halogens is 3. The summed E-state index contributed by atoms with van der Waals surface area (Å²) >= 11 is 0. The van der Waals surface area contributed by atoms with E-state index in [4.69, 9.17) is 9.47 Å². The van der Waals surface area contributed by atoms with Gasteiger partial charge in [-0.3, -0.25) is 0 Å². The minimum Gasteiger partial charge on any atom is -0.472 e. The van der Waals surface area contributed by atoms with Gasteiger partial charge in [0.25, 0.3) is 0 Å². The minimum absolute atomic E-state index is 0.139. The summed E-state index contributed by atoms with van der Waals surface area (Å²) < 4.78 is 49.2. The molecule has 8 heteroatoms. The number of hydrogen-bond donors (Lipinski definition) is 0. The number of amides is 1. The quantitative estimate of drug-likeness (QED) is 0.778. The Labute approximate surface area is 150 Å². The SMILES string of the molecule is CC(C)(C)OC(=O)N1C[C@@H]2CC[C@H]1[C@H](Oc1ccc(C(F)(F)F)cn1)C2. The van der Waals surface area contributed by atoms with E-state index in [1.54, 1.807) is 4.90 Å². The molecule has 0 radical (unpaired) electrons. The molecule has 0 aromatic carbocycles. The molecule has 26 heavy (non-hydrogen) atoms. The summed E-state index contributed by atoms with van der Waals surface area (Å²) in [6, 6.07) is 2.02. The molecule has 3 aliphatic rings. The first-order chi connectivity index (χ1) is 12.0. The van der Waals surface area contributed by atoms with E-state index < -0.39 is 17.3 Å². The topological polar surface area (TPSA) is 51.7 Å². The molecule has 5 nitrogen and oxygen atoms in total. The number of alkyl halides is 3. The highest BCUT2D eigenvalue weighted by atomic mass is 19.4. The molecule has 3 atom stereocenters. The first-order valence-electron chi connectivity index (χ1n) is 8.72. The molecule has 1 aromatic rings. The maximum Gasteiger partial charge on any atom is 0.417 e. The normalized spacial score (nSPS) is 25.9. The van der Waals surface area contributed by atoms with Crippen LogP contribution in [-0.2, 0) is 10.9 Å². The summed E-state index contributed by atoms with van der Waals surface area (Å²) in [5.74, 6) is 0.437. The lowest BCUT2D eigenvalue weighted by Crippen LogP contribution is -2.60. The number of hydrogen-bond acceptors (Lipinski definition) is 4. The van der Waals surface area contributed by atoms with Crippen molar-refractivity contribution in [2.45, 2.75) is 64.0 Å². The Morgan fingerprint density at radius 3 is 2.50 bits per heavy atom. The van der Waals surface area contributed by atoms with Crippen molar-refractivity contribution in [2.24, 2.45) is 5.92 Å². The molecule has 2 bridgehead atoms. The average molecular weight is 372 g/mol. The molecule has 1 saturated carbocycles. The Balaban J connectivity index is 1.70. The summed E-state index contributed by atoms with van der Waals surface area (Å²) in [4.78, 5) is 17.9. The molecular weight excluding hydrogens is 349 g/mol. The van der Waals surface area contributed by atoms with Crippen molar-refractivity contribution >= 4 is 6.09 Å². The van der Waals surface area contributed by atoms with Crippen LogP contribution in [0.2, 0.25) is 0 Å². The standard InChI is InChI=1S/C18H23F3N2O3/c1-17(2,3)26-16(24)23-10-11-4-6-13(23)14(8-11)25-15-7-5-12(9-22-15)18(19,20)21/h5,7,9,11,13-14H,4,6,8,10H2,1-3H3/t11-,13+,14-/m1/s1. The number of piperidine rings is 2. The highest BCUT2D eigenvalue weighted by Gasteiger charge is 2.45. The molecule has 4 rings (SSSR count). The lowest BCUT2D eigenvalue weighted by Gasteiger charge is -2.49. The van der Waals surface area contributed by atoms with Gasteiger partial charge in [-0.25, -0.2) is 9.78 Å². The number of carbonyl (C=O) groups excluding carboxylic acids is 1. The van der Waals surface area contributed by atoms with Crippen molar-refractivity contribution in [3.63, 3.8) is 0 Å². The minimum atomic E-state index is -4.43. The van der Waals surface area contributed by atoms with Gasteiger partial charge < -0.3 is 14.4 Å². The molecule has 144 valence electrons. The molecule has 1 aromatic heterocycles. The lowest BCUT2D eigenvalue weighted by atomic mass is 9.78. The van der Waals surface area contributed by atoms with Crippen molar-refractivity contribution in [1.82, 2.24) is 9.88 Å². The van der Waals surface area contributed by atoms with E-state index in [2.05, 4.69) is 4.98 Å². The molecule has 3 heterocycles. The summed E-state index contributed by atoms with van der Waals surface area (Å²) in [6.07, 6.45) is -1.78. The lowest BCUT2D eigenvalue weighted by molar-refractivity contribution is -0.137. The van der Waals surface area contributed by atoms with Crippen LogP contribution in [0.15, 0.2) is 18.3 Å². The third-order valence-electron chi connectivity index (χ3n) is 4.68. The van der Waals surface area contributed by atoms with Crippen molar-refractivity contribution in [3.8, 4) is 5.88 Å². The molecule has 1 aliphatic carbocycles. The Hall–Kier alpha value is -1.99. The van der Waals surface area contributed by atoms with Crippen LogP contribution in [0.4, 0.5) is 18.0 Å². The van der Waals surface area contributed by atoms with E-state index in [1.807, 2.05) is 20.8 Å². The second-order valence-corrected chi connectivity index (χ2v) is 7.92. The summed E-state index contributed by atoms with van der Waals surface area (Å²) in [7, 11) is 0. The molecule has 0 spiro atoms. The first-order valence-corrected chi connectivity index (χ1v) is 8.72. The van der Waals surface area contributed by atoms with Gasteiger partial charge in [0.05, 0.1) is 11.6 Å². The van der Waals surface area contributed by atoms with Crippen LogP contribution in [0.1, 0.15) is 45.6 Å². The molecular formula is C18H23F3N2O3. The fraction of sp³-hybridized carbons (Fsp3) is 0.667. The van der Waals surface area contributed by atoms with Gasteiger partial charge in [-0.05, 0) is 52.0 Å². The summed E-state index contributed by atoms with van der Waals surface area (Å²) in [5, 5.41) is 0. The second kappa shape index (κ2) is 6.63. The van der Waals surface area contributed by atoms with Gasteiger partial charge in [0.1, 0.15) is 11.7 Å². The van der Waals surface area contributed by atoms with Crippen LogP contribution in [0.25, 0.3) is 0 Å². The Morgan fingerprint density at radius 2 is 1.96 bits per heavy atom. The van der Waals surface area contributed by atoms with Gasteiger partial charge in [-0.15, -0.1) is 0 Å². The number of aromatic nitrogens is 1. The Bertz CT molecular complexity index is 655. The number of fused-ring (bicyclic) bond motifs is 3. The van der Waals surface area contributed by atoms with Crippen LogP contribution in [0, 0.1) is 5.92 Å². The smallest absolute Gasteiger partial charge is 0.417 e. The molecule has 1 amide bonds. The number of pyridine rings is 1. The van der Waals surface area contributed by atoms with Crippen molar-refractivity contribution in [1.29, 1.82) is 0 Å². The van der Waals surface area contributed by atoms with Crippen LogP contribution >= 0.6 is 0 Å². The van der Waals surface area contributed by atoms with Gasteiger partial charge >= 0.3 is 12.3 Å². The second-order valence-electron chi connectivity index (χ2n) is 7.92. The number of nitrogens with zero attached hydrogens (tertiary/aromatic N) is 2. The number of rotatable bonds is 2. The van der Waals surface area contributed by atoms with Crippen LogP contribution in [0.3, 0.4) is 0 Å². The zero-order valence-corrected chi connectivity index (χ0v) is 15.0. The van der Waals surface area contributed by atoms with Gasteiger partial charge in [0, 0.05) is 18.8 Å². The largest absolute Gasteiger partial charge is 0.472 e. The summed E-state index contributed by atoms with van der Waals surface area (Å²) in [6.45, 7) is 6.06. The van der Waals surface area contributed by atoms with Gasteiger partial charge in [-0.2, -0.15) is 13.2 Å². The Kier molecular flexibility index (Phi) is 4.79. The highest BCUT2D eigenvalue weighted by molar-refractivity contribution is 5.69. The molecule has 0 N–H and O–H groups in total. The maximum atomic E-state index is 12.6. The predicted molar refractivity (Wildman–Crippen MR) is 87.7 cm³/mol. The van der Waals surface area contributed by atoms with Crippen LogP contribution < -0.4 is 4.74 Å². The first kappa shape index (κ1) is 18.8. The molecule has 2 saturated heterocycles. The fourth-order valence-corrected chi connectivity index (χ4v) is 3.56. The van der Waals surface area contributed by atoms with E-state index in [9.17, 15) is 18.0 Å². The third kappa shape index (κ3) is 4.22. The van der Waals surface area contributed by atoms with E-state index in [-0.39, 0.29) is 24.1 Å². The fourth-order valence-electron chi connectivity index (χ4n) is 3.56. The van der Waals surface area contributed by atoms with Crippen molar-refractivity contribution in [2.75, 3.05) is 6.54 Å². The molecule has 0 unspecified atom stereocenters. The van der Waals surface area contributed by atoms with Gasteiger partial charge in [0.2, 0.25) is 5.88 Å². The van der Waals surface area contributed by atoms with Crippen molar-refractivity contribution < 1.29 is 27.4 Å². The Morgan fingerprint density at radius 1 is 1.23 bits per heavy atom. The van der Waals surface area contributed by atoms with E-state index in [0.717, 1.165) is 31.5 Å². The van der Waals surface area contributed by atoms with E-state index in [0.29, 0.717) is 12.5 Å². The average Bonchev–Trinajstić information content (AvgIpc) is 2.53. The van der Waals surface area contributed by atoms with Crippen molar-refractivity contribution in [3.05, 3.63) is 23.9 Å². The zero-order valence-electron chi connectivity index (χ0n) is 15.0. The predicted octanol–water partition coefficient (Wildman–Crippen LogP) is 4.27. The number of ether oxygens (including phenoxy) is 2. The molecule has 3 fully saturated rings.